The van der Waals surface area contributed by atoms with Gasteiger partial charge in [-0.2, -0.15) is 0 Å². The number of aryl methyl sites for hydroxylation is 3. The third-order valence-corrected chi connectivity index (χ3v) is 6.51. The summed E-state index contributed by atoms with van der Waals surface area (Å²) < 4.78 is 0. The highest BCUT2D eigenvalue weighted by Crippen LogP contribution is 2.41. The molecular formula is C24H23N3O3S. The summed E-state index contributed by atoms with van der Waals surface area (Å²) in [5.74, 6) is -1.41. The number of benzene rings is 1. The molecule has 31 heavy (non-hydrogen) atoms. The van der Waals surface area contributed by atoms with Gasteiger partial charge in [-0.05, 0) is 43.0 Å². The van der Waals surface area contributed by atoms with E-state index < -0.39 is 17.7 Å². The van der Waals surface area contributed by atoms with Crippen LogP contribution in [-0.4, -0.2) is 31.7 Å². The first-order valence-corrected chi connectivity index (χ1v) is 10.9. The quantitative estimate of drug-likeness (QED) is 0.579. The number of aliphatic hydroxyl groups excluding tert-OH is 1. The molecule has 1 N–H and O–H groups in total. The lowest BCUT2D eigenvalue weighted by Gasteiger charge is -2.27. The molecule has 158 valence electrons. The molecule has 3 aromatic rings. The van der Waals surface area contributed by atoms with E-state index in [0.717, 1.165) is 28.1 Å². The number of aliphatic hydroxyl groups is 1. The summed E-state index contributed by atoms with van der Waals surface area (Å²) in [7, 11) is 0. The van der Waals surface area contributed by atoms with E-state index in [0.29, 0.717) is 10.6 Å². The van der Waals surface area contributed by atoms with Crippen molar-refractivity contribution >= 4 is 23.0 Å². The van der Waals surface area contributed by atoms with Crippen LogP contribution in [0.3, 0.4) is 0 Å². The summed E-state index contributed by atoms with van der Waals surface area (Å²) in [6.07, 6.45) is 4.23. The van der Waals surface area contributed by atoms with Gasteiger partial charge in [0.1, 0.15) is 0 Å². The minimum absolute atomic E-state index is 0.102. The largest absolute Gasteiger partial charge is 0.503 e. The number of Topliss-reactive ketones (excluding diaryl/α,β-unsaturated/α-hetero) is 1. The molecule has 0 fully saturated rings. The number of carbonyl (C=O) groups is 2. The Hall–Kier alpha value is -3.32. The van der Waals surface area contributed by atoms with Gasteiger partial charge in [0.15, 0.2) is 5.76 Å². The Morgan fingerprint density at radius 3 is 2.48 bits per heavy atom. The molecule has 1 amide bonds. The first kappa shape index (κ1) is 20.9. The SMILES string of the molecule is CCc1ccc(C2C(C(=O)c3sc(C)nc3C)=C(O)C(=O)N2Cc2cccnc2)cc1. The second-order valence-electron chi connectivity index (χ2n) is 7.53. The molecule has 4 rings (SSSR count). The van der Waals surface area contributed by atoms with Gasteiger partial charge in [0.05, 0.1) is 27.2 Å². The maximum Gasteiger partial charge on any atom is 0.290 e. The Morgan fingerprint density at radius 1 is 1.16 bits per heavy atom. The highest BCUT2D eigenvalue weighted by atomic mass is 32.1. The number of amides is 1. The minimum atomic E-state index is -0.687. The number of thiazole rings is 1. The number of ketones is 1. The molecule has 1 aliphatic rings. The lowest BCUT2D eigenvalue weighted by atomic mass is 9.94. The summed E-state index contributed by atoms with van der Waals surface area (Å²) in [5, 5.41) is 11.6. The van der Waals surface area contributed by atoms with Crippen molar-refractivity contribution in [1.29, 1.82) is 0 Å². The van der Waals surface area contributed by atoms with Crippen LogP contribution in [0.1, 0.15) is 50.0 Å². The third kappa shape index (κ3) is 3.88. The summed E-state index contributed by atoms with van der Waals surface area (Å²) in [6.45, 7) is 5.90. The van der Waals surface area contributed by atoms with Gasteiger partial charge in [0.25, 0.3) is 5.91 Å². The molecule has 0 aliphatic carbocycles. The van der Waals surface area contributed by atoms with E-state index >= 15 is 0 Å². The van der Waals surface area contributed by atoms with Crippen LogP contribution < -0.4 is 0 Å². The fourth-order valence-electron chi connectivity index (χ4n) is 3.88. The molecule has 0 spiro atoms. The summed E-state index contributed by atoms with van der Waals surface area (Å²) >= 11 is 1.28. The number of rotatable bonds is 6. The van der Waals surface area contributed by atoms with E-state index in [9.17, 15) is 14.7 Å². The Bertz CT molecular complexity index is 1170. The van der Waals surface area contributed by atoms with Crippen molar-refractivity contribution in [3.63, 3.8) is 0 Å². The van der Waals surface area contributed by atoms with E-state index in [1.54, 1.807) is 25.4 Å². The van der Waals surface area contributed by atoms with Crippen LogP contribution in [0.4, 0.5) is 0 Å². The second-order valence-corrected chi connectivity index (χ2v) is 8.73. The van der Waals surface area contributed by atoms with Gasteiger partial charge < -0.3 is 10.0 Å². The minimum Gasteiger partial charge on any atom is -0.503 e. The van der Waals surface area contributed by atoms with Crippen LogP contribution in [0.15, 0.2) is 60.1 Å². The first-order chi connectivity index (χ1) is 14.9. The highest BCUT2D eigenvalue weighted by molar-refractivity contribution is 7.14. The molecule has 1 aromatic carbocycles. The van der Waals surface area contributed by atoms with Crippen LogP contribution in [0.2, 0.25) is 0 Å². The normalized spacial score (nSPS) is 16.3. The van der Waals surface area contributed by atoms with E-state index in [1.807, 2.05) is 37.3 Å². The van der Waals surface area contributed by atoms with Gasteiger partial charge in [0.2, 0.25) is 5.78 Å². The molecule has 3 heterocycles. The van der Waals surface area contributed by atoms with Gasteiger partial charge in [-0.15, -0.1) is 11.3 Å². The van der Waals surface area contributed by atoms with Crippen molar-refractivity contribution in [2.75, 3.05) is 0 Å². The lowest BCUT2D eigenvalue weighted by molar-refractivity contribution is -0.130. The van der Waals surface area contributed by atoms with Crippen LogP contribution >= 0.6 is 11.3 Å². The number of pyridine rings is 1. The maximum atomic E-state index is 13.5. The number of aromatic nitrogens is 2. The first-order valence-electron chi connectivity index (χ1n) is 10.1. The van der Waals surface area contributed by atoms with Crippen molar-refractivity contribution < 1.29 is 14.7 Å². The molecule has 6 nitrogen and oxygen atoms in total. The molecule has 1 atom stereocenters. The smallest absolute Gasteiger partial charge is 0.290 e. The number of nitrogens with zero attached hydrogens (tertiary/aromatic N) is 3. The van der Waals surface area contributed by atoms with Crippen molar-refractivity contribution in [2.45, 2.75) is 39.8 Å². The van der Waals surface area contributed by atoms with Crippen LogP contribution in [0.25, 0.3) is 0 Å². The van der Waals surface area contributed by atoms with Crippen molar-refractivity contribution in [2.24, 2.45) is 0 Å². The van der Waals surface area contributed by atoms with Crippen LogP contribution in [-0.2, 0) is 17.8 Å². The predicted molar refractivity (Wildman–Crippen MR) is 119 cm³/mol. The summed E-state index contributed by atoms with van der Waals surface area (Å²) in [4.78, 5) is 37.0. The lowest BCUT2D eigenvalue weighted by Crippen LogP contribution is -2.30. The van der Waals surface area contributed by atoms with Gasteiger partial charge in [-0.1, -0.05) is 37.3 Å². The Kier molecular flexibility index (Phi) is 5.69. The Balaban J connectivity index is 1.81. The monoisotopic (exact) mass is 433 g/mol. The zero-order valence-corrected chi connectivity index (χ0v) is 18.4. The fraction of sp³-hybridized carbons (Fsp3) is 0.250. The van der Waals surface area contributed by atoms with Crippen molar-refractivity contribution in [3.05, 3.63) is 92.4 Å². The third-order valence-electron chi connectivity index (χ3n) is 5.44. The van der Waals surface area contributed by atoms with Crippen LogP contribution in [0, 0.1) is 13.8 Å². The molecule has 0 bridgehead atoms. The standard InChI is InChI=1S/C24H23N3O3S/c1-4-16-7-9-18(10-8-16)20-19(21(28)23-14(2)26-15(3)31-23)22(29)24(30)27(20)13-17-6-5-11-25-12-17/h5-12,20,29H,4,13H2,1-3H3. The molecule has 1 aliphatic heterocycles. The topological polar surface area (TPSA) is 83.4 Å². The van der Waals surface area contributed by atoms with Crippen molar-refractivity contribution in [3.8, 4) is 0 Å². The summed E-state index contributed by atoms with van der Waals surface area (Å²) in [5.41, 5.74) is 3.45. The molecule has 1 unspecified atom stereocenters. The fourth-order valence-corrected chi connectivity index (χ4v) is 4.76. The Labute approximate surface area is 184 Å². The van der Waals surface area contributed by atoms with E-state index in [2.05, 4.69) is 16.9 Å². The van der Waals surface area contributed by atoms with E-state index in [4.69, 9.17) is 0 Å². The Morgan fingerprint density at radius 2 is 1.90 bits per heavy atom. The van der Waals surface area contributed by atoms with E-state index in [1.165, 1.54) is 16.2 Å². The van der Waals surface area contributed by atoms with Gasteiger partial charge in [-0.25, -0.2) is 4.98 Å². The molecular weight excluding hydrogens is 410 g/mol. The highest BCUT2D eigenvalue weighted by Gasteiger charge is 2.44. The maximum absolute atomic E-state index is 13.5. The second kappa shape index (κ2) is 8.43. The zero-order chi connectivity index (χ0) is 22.1. The number of hydrogen-bond donors (Lipinski definition) is 1. The van der Waals surface area contributed by atoms with Gasteiger partial charge in [0, 0.05) is 18.9 Å². The van der Waals surface area contributed by atoms with Crippen LogP contribution in [0.5, 0.6) is 0 Å². The predicted octanol–water partition coefficient (Wildman–Crippen LogP) is 4.50. The number of hydrogen-bond acceptors (Lipinski definition) is 6. The molecule has 0 saturated carbocycles. The average Bonchev–Trinajstić information content (AvgIpc) is 3.24. The van der Waals surface area contributed by atoms with Crippen molar-refractivity contribution in [1.82, 2.24) is 14.9 Å². The zero-order valence-electron chi connectivity index (χ0n) is 17.6. The molecule has 7 heteroatoms. The van der Waals surface area contributed by atoms with Gasteiger partial charge in [-0.3, -0.25) is 14.6 Å². The number of carbonyl (C=O) groups excluding carboxylic acids is 2. The molecule has 0 radical (unpaired) electrons. The molecule has 2 aromatic heterocycles. The molecule has 0 saturated heterocycles. The van der Waals surface area contributed by atoms with Gasteiger partial charge >= 0.3 is 0 Å². The van der Waals surface area contributed by atoms with E-state index in [-0.39, 0.29) is 17.9 Å². The summed E-state index contributed by atoms with van der Waals surface area (Å²) in [6, 6.07) is 10.8. The average molecular weight is 434 g/mol.